The maximum atomic E-state index is 12.8. The van der Waals surface area contributed by atoms with Gasteiger partial charge in [-0.3, -0.25) is 9.59 Å². The van der Waals surface area contributed by atoms with Gasteiger partial charge in [-0.2, -0.15) is 0 Å². The maximum Gasteiger partial charge on any atom is 0.239 e. The number of methoxy groups -OCH3 is 1. The van der Waals surface area contributed by atoms with Gasteiger partial charge in [-0.15, -0.1) is 0 Å². The summed E-state index contributed by atoms with van der Waals surface area (Å²) in [4.78, 5) is 25.4. The van der Waals surface area contributed by atoms with Gasteiger partial charge in [0.15, 0.2) is 0 Å². The van der Waals surface area contributed by atoms with E-state index in [0.29, 0.717) is 6.54 Å². The second-order valence-corrected chi connectivity index (χ2v) is 7.35. The number of benzene rings is 2. The van der Waals surface area contributed by atoms with E-state index < -0.39 is 5.41 Å². The van der Waals surface area contributed by atoms with E-state index >= 15 is 0 Å². The van der Waals surface area contributed by atoms with Gasteiger partial charge in [0.2, 0.25) is 11.8 Å². The molecular formula is C22H28N2O3. The van der Waals surface area contributed by atoms with Crippen LogP contribution in [0.3, 0.4) is 0 Å². The highest BCUT2D eigenvalue weighted by Crippen LogP contribution is 2.26. The average Bonchev–Trinajstić information content (AvgIpc) is 2.66. The van der Waals surface area contributed by atoms with E-state index in [-0.39, 0.29) is 17.7 Å². The zero-order valence-electron chi connectivity index (χ0n) is 16.6. The molecule has 0 radical (unpaired) electrons. The number of hydrogen-bond donors (Lipinski definition) is 2. The van der Waals surface area contributed by atoms with Crippen LogP contribution in [0, 0.1) is 5.41 Å². The van der Waals surface area contributed by atoms with Crippen LogP contribution in [-0.2, 0) is 16.1 Å². The van der Waals surface area contributed by atoms with Crippen LogP contribution < -0.4 is 15.4 Å². The first-order chi connectivity index (χ1) is 12.8. The molecule has 0 bridgehead atoms. The van der Waals surface area contributed by atoms with Gasteiger partial charge in [0.05, 0.1) is 7.11 Å². The monoisotopic (exact) mass is 368 g/mol. The van der Waals surface area contributed by atoms with E-state index in [1.807, 2.05) is 48.5 Å². The summed E-state index contributed by atoms with van der Waals surface area (Å²) >= 11 is 0. The minimum atomic E-state index is -1.20. The van der Waals surface area contributed by atoms with Crippen LogP contribution in [0.1, 0.15) is 44.7 Å². The molecule has 2 N–H and O–H groups in total. The van der Waals surface area contributed by atoms with Crippen molar-refractivity contribution in [3.63, 3.8) is 0 Å². The fraction of sp³-hybridized carbons (Fsp3) is 0.364. The standard InChI is InChI=1S/C22H28N2O3/c1-15(2)18-8-6-7-9-19(18)24-21(26)22(3,4)20(25)23-14-16-10-12-17(27-5)13-11-16/h6-13,15H,14H2,1-5H3,(H,23,25)(H,24,26). The smallest absolute Gasteiger partial charge is 0.239 e. The number of amides is 2. The van der Waals surface area contributed by atoms with Gasteiger partial charge in [0.1, 0.15) is 11.2 Å². The minimum Gasteiger partial charge on any atom is -0.497 e. The van der Waals surface area contributed by atoms with E-state index in [1.54, 1.807) is 21.0 Å². The number of ether oxygens (including phenoxy) is 1. The van der Waals surface area contributed by atoms with Crippen molar-refractivity contribution in [1.82, 2.24) is 5.32 Å². The summed E-state index contributed by atoms with van der Waals surface area (Å²) in [5.74, 6) is 0.378. The summed E-state index contributed by atoms with van der Waals surface area (Å²) in [5, 5.41) is 5.75. The summed E-state index contributed by atoms with van der Waals surface area (Å²) in [6.07, 6.45) is 0. The van der Waals surface area contributed by atoms with Crippen molar-refractivity contribution in [2.45, 2.75) is 40.2 Å². The van der Waals surface area contributed by atoms with E-state index in [1.165, 1.54) is 0 Å². The van der Waals surface area contributed by atoms with Crippen LogP contribution in [0.4, 0.5) is 5.69 Å². The largest absolute Gasteiger partial charge is 0.497 e. The molecule has 2 amide bonds. The SMILES string of the molecule is COc1ccc(CNC(=O)C(C)(C)C(=O)Nc2ccccc2C(C)C)cc1. The predicted octanol–water partition coefficient (Wildman–Crippen LogP) is 4.10. The molecule has 0 heterocycles. The number of anilines is 1. The first-order valence-electron chi connectivity index (χ1n) is 9.07. The number of nitrogens with one attached hydrogen (secondary N) is 2. The molecule has 27 heavy (non-hydrogen) atoms. The third kappa shape index (κ3) is 5.09. The van der Waals surface area contributed by atoms with Crippen LogP contribution in [0.25, 0.3) is 0 Å². The Balaban J connectivity index is 2.03. The Morgan fingerprint density at radius 3 is 2.22 bits per heavy atom. The van der Waals surface area contributed by atoms with Crippen LogP contribution in [0.2, 0.25) is 0 Å². The predicted molar refractivity (Wildman–Crippen MR) is 108 cm³/mol. The Morgan fingerprint density at radius 1 is 1.00 bits per heavy atom. The van der Waals surface area contributed by atoms with Crippen molar-refractivity contribution in [3.05, 3.63) is 59.7 Å². The lowest BCUT2D eigenvalue weighted by molar-refractivity contribution is -0.138. The number of carbonyl (C=O) groups excluding carboxylic acids is 2. The third-order valence-electron chi connectivity index (χ3n) is 4.58. The lowest BCUT2D eigenvalue weighted by Gasteiger charge is -2.24. The van der Waals surface area contributed by atoms with Crippen LogP contribution in [-0.4, -0.2) is 18.9 Å². The summed E-state index contributed by atoms with van der Waals surface area (Å²) in [6, 6.07) is 15.1. The number of hydrogen-bond acceptors (Lipinski definition) is 3. The average molecular weight is 368 g/mol. The lowest BCUT2D eigenvalue weighted by Crippen LogP contribution is -2.45. The Morgan fingerprint density at radius 2 is 1.63 bits per heavy atom. The second kappa shape index (κ2) is 8.71. The zero-order valence-corrected chi connectivity index (χ0v) is 16.6. The molecule has 2 rings (SSSR count). The summed E-state index contributed by atoms with van der Waals surface area (Å²) in [6.45, 7) is 7.74. The number of carbonyl (C=O) groups is 2. The van der Waals surface area contributed by atoms with Gasteiger partial charge in [-0.1, -0.05) is 44.2 Å². The molecule has 144 valence electrons. The van der Waals surface area contributed by atoms with Crippen LogP contribution in [0.15, 0.2) is 48.5 Å². The maximum absolute atomic E-state index is 12.8. The van der Waals surface area contributed by atoms with Crippen molar-refractivity contribution < 1.29 is 14.3 Å². The fourth-order valence-electron chi connectivity index (χ4n) is 2.64. The highest BCUT2D eigenvalue weighted by atomic mass is 16.5. The Bertz CT molecular complexity index is 795. The molecule has 0 aliphatic rings. The molecule has 0 aliphatic heterocycles. The normalized spacial score (nSPS) is 11.2. The number of rotatable bonds is 7. The first-order valence-corrected chi connectivity index (χ1v) is 9.07. The van der Waals surface area contributed by atoms with Crippen molar-refractivity contribution in [2.24, 2.45) is 5.41 Å². The minimum absolute atomic E-state index is 0.272. The Hall–Kier alpha value is -2.82. The molecule has 0 aromatic heterocycles. The molecule has 2 aromatic rings. The molecule has 5 heteroatoms. The van der Waals surface area contributed by atoms with Gasteiger partial charge < -0.3 is 15.4 Å². The molecule has 5 nitrogen and oxygen atoms in total. The molecular weight excluding hydrogens is 340 g/mol. The van der Waals surface area contributed by atoms with Gasteiger partial charge in [-0.25, -0.2) is 0 Å². The molecule has 0 unspecified atom stereocenters. The summed E-state index contributed by atoms with van der Waals surface area (Å²) < 4.78 is 5.12. The van der Waals surface area contributed by atoms with Crippen molar-refractivity contribution in [2.75, 3.05) is 12.4 Å². The fourth-order valence-corrected chi connectivity index (χ4v) is 2.64. The van der Waals surface area contributed by atoms with Crippen LogP contribution >= 0.6 is 0 Å². The quantitative estimate of drug-likeness (QED) is 0.723. The first kappa shape index (κ1) is 20.5. The topological polar surface area (TPSA) is 67.4 Å². The van der Waals surface area contributed by atoms with Gasteiger partial charge in [0, 0.05) is 12.2 Å². The third-order valence-corrected chi connectivity index (χ3v) is 4.58. The molecule has 0 saturated heterocycles. The summed E-state index contributed by atoms with van der Waals surface area (Å²) in [7, 11) is 1.61. The van der Waals surface area contributed by atoms with Crippen molar-refractivity contribution >= 4 is 17.5 Å². The molecule has 0 atom stereocenters. The zero-order chi connectivity index (χ0) is 20.0. The van der Waals surface area contributed by atoms with Gasteiger partial charge in [0.25, 0.3) is 0 Å². The van der Waals surface area contributed by atoms with E-state index in [0.717, 1.165) is 22.6 Å². The molecule has 2 aromatic carbocycles. The summed E-state index contributed by atoms with van der Waals surface area (Å²) in [5.41, 5.74) is 1.52. The van der Waals surface area contributed by atoms with Crippen molar-refractivity contribution in [3.8, 4) is 5.75 Å². The highest BCUT2D eigenvalue weighted by Gasteiger charge is 2.36. The van der Waals surface area contributed by atoms with E-state index in [9.17, 15) is 9.59 Å². The lowest BCUT2D eigenvalue weighted by atomic mass is 9.90. The highest BCUT2D eigenvalue weighted by molar-refractivity contribution is 6.10. The molecule has 0 saturated carbocycles. The van der Waals surface area contributed by atoms with Crippen LogP contribution in [0.5, 0.6) is 5.75 Å². The number of para-hydroxylation sites is 1. The second-order valence-electron chi connectivity index (χ2n) is 7.35. The van der Waals surface area contributed by atoms with Gasteiger partial charge >= 0.3 is 0 Å². The Kier molecular flexibility index (Phi) is 6.61. The van der Waals surface area contributed by atoms with E-state index in [2.05, 4.69) is 24.5 Å². The van der Waals surface area contributed by atoms with E-state index in [4.69, 9.17) is 4.74 Å². The van der Waals surface area contributed by atoms with Gasteiger partial charge in [-0.05, 0) is 49.1 Å². The molecule has 0 fully saturated rings. The Labute approximate surface area is 161 Å². The molecule has 0 aliphatic carbocycles. The molecule has 0 spiro atoms. The van der Waals surface area contributed by atoms with Crippen molar-refractivity contribution in [1.29, 1.82) is 0 Å².